The number of rotatable bonds is 3. The number of nitrogens with one attached hydrogen (secondary N) is 1. The van der Waals surface area contributed by atoms with Gasteiger partial charge in [-0.15, -0.1) is 10.2 Å². The lowest BCUT2D eigenvalue weighted by atomic mass is 10.1. The highest BCUT2D eigenvalue weighted by Gasteiger charge is 2.17. The molecule has 0 spiro atoms. The zero-order valence-corrected chi connectivity index (χ0v) is 10.5. The first-order valence-corrected chi connectivity index (χ1v) is 6.35. The quantitative estimate of drug-likeness (QED) is 0.906. The first kappa shape index (κ1) is 11.9. The zero-order valence-electron chi connectivity index (χ0n) is 10.5. The minimum atomic E-state index is 0.345. The number of hydrogen-bond donors (Lipinski definition) is 1. The van der Waals surface area contributed by atoms with Crippen molar-refractivity contribution in [3.05, 3.63) is 30.0 Å². The second-order valence-corrected chi connectivity index (χ2v) is 4.66. The van der Waals surface area contributed by atoms with Gasteiger partial charge >= 0.3 is 0 Å². The minimum absolute atomic E-state index is 0.345. The van der Waals surface area contributed by atoms with Crippen molar-refractivity contribution in [1.29, 1.82) is 5.26 Å². The molecule has 1 fully saturated rings. The van der Waals surface area contributed by atoms with Crippen LogP contribution in [0.4, 0.5) is 5.69 Å². The van der Waals surface area contributed by atoms with Gasteiger partial charge in [-0.3, -0.25) is 0 Å². The van der Waals surface area contributed by atoms with E-state index in [9.17, 15) is 0 Å². The van der Waals surface area contributed by atoms with Crippen molar-refractivity contribution < 1.29 is 4.74 Å². The van der Waals surface area contributed by atoms with E-state index in [0.29, 0.717) is 11.6 Å². The molecule has 19 heavy (non-hydrogen) atoms. The smallest absolute Gasteiger partial charge is 0.186 e. The van der Waals surface area contributed by atoms with E-state index in [-0.39, 0.29) is 0 Å². The number of hydrogen-bond acceptors (Lipinski definition) is 5. The maximum absolute atomic E-state index is 9.15. The van der Waals surface area contributed by atoms with Crippen LogP contribution in [0.1, 0.15) is 12.1 Å². The van der Waals surface area contributed by atoms with Crippen LogP contribution >= 0.6 is 0 Å². The predicted molar refractivity (Wildman–Crippen MR) is 71.7 cm³/mol. The molecule has 3 rings (SSSR count). The van der Waals surface area contributed by atoms with Gasteiger partial charge in [0.1, 0.15) is 6.07 Å². The second kappa shape index (κ2) is 5.21. The molecular weight excluding hydrogens is 240 g/mol. The van der Waals surface area contributed by atoms with E-state index in [1.807, 2.05) is 24.3 Å². The molecule has 0 amide bonds. The van der Waals surface area contributed by atoms with Crippen LogP contribution < -0.4 is 5.32 Å². The molecule has 1 atom stereocenters. The summed E-state index contributed by atoms with van der Waals surface area (Å²) in [5, 5.41) is 21.5. The van der Waals surface area contributed by atoms with Gasteiger partial charge in [0.2, 0.25) is 0 Å². The average Bonchev–Trinajstić information content (AvgIpc) is 2.97. The highest BCUT2D eigenvalue weighted by atomic mass is 16.5. The fourth-order valence-electron chi connectivity index (χ4n) is 2.30. The Bertz CT molecular complexity index is 629. The van der Waals surface area contributed by atoms with E-state index in [1.165, 1.54) is 0 Å². The molecule has 2 heterocycles. The minimum Gasteiger partial charge on any atom is -0.382 e. The average molecular weight is 254 g/mol. The van der Waals surface area contributed by atoms with E-state index in [2.05, 4.69) is 21.6 Å². The molecule has 1 N–H and O–H groups in total. The highest BCUT2D eigenvalue weighted by Crippen LogP contribution is 2.24. The SMILES string of the molecule is N#Cc1nnc2ccccc2c1NCC1CCOC1. The lowest BCUT2D eigenvalue weighted by Crippen LogP contribution is -2.15. The summed E-state index contributed by atoms with van der Waals surface area (Å²) in [5.41, 5.74) is 1.92. The van der Waals surface area contributed by atoms with Crippen molar-refractivity contribution in [1.82, 2.24) is 10.2 Å². The summed E-state index contributed by atoms with van der Waals surface area (Å²) in [4.78, 5) is 0. The monoisotopic (exact) mass is 254 g/mol. The summed E-state index contributed by atoms with van der Waals surface area (Å²) in [6.07, 6.45) is 1.06. The predicted octanol–water partition coefficient (Wildman–Crippen LogP) is 1.95. The molecule has 5 nitrogen and oxygen atoms in total. The van der Waals surface area contributed by atoms with Crippen LogP contribution in [0.25, 0.3) is 10.9 Å². The number of aromatic nitrogens is 2. The molecule has 1 aliphatic heterocycles. The van der Waals surface area contributed by atoms with Crippen LogP contribution in [0.5, 0.6) is 0 Å². The summed E-state index contributed by atoms with van der Waals surface area (Å²) in [7, 11) is 0. The third kappa shape index (κ3) is 2.35. The molecule has 0 saturated carbocycles. The third-order valence-corrected chi connectivity index (χ3v) is 3.37. The Labute approximate surface area is 111 Å². The normalized spacial score (nSPS) is 18.4. The fourth-order valence-corrected chi connectivity index (χ4v) is 2.30. The van der Waals surface area contributed by atoms with Gasteiger partial charge in [0.25, 0.3) is 0 Å². The summed E-state index contributed by atoms with van der Waals surface area (Å²) < 4.78 is 5.36. The number of ether oxygens (including phenoxy) is 1. The number of fused-ring (bicyclic) bond motifs is 1. The maximum atomic E-state index is 9.15. The van der Waals surface area contributed by atoms with Crippen LogP contribution in [0, 0.1) is 17.2 Å². The third-order valence-electron chi connectivity index (χ3n) is 3.37. The largest absolute Gasteiger partial charge is 0.382 e. The van der Waals surface area contributed by atoms with Crippen molar-refractivity contribution in [3.63, 3.8) is 0 Å². The highest BCUT2D eigenvalue weighted by molar-refractivity contribution is 5.92. The first-order valence-electron chi connectivity index (χ1n) is 6.35. The zero-order chi connectivity index (χ0) is 13.1. The van der Waals surface area contributed by atoms with Crippen LogP contribution in [-0.2, 0) is 4.74 Å². The standard InChI is InChI=1S/C14H14N4O/c15-7-13-14(16-8-10-5-6-19-9-10)11-3-1-2-4-12(11)17-18-13/h1-4,10H,5-6,8-9H2,(H,16,17). The Morgan fingerprint density at radius 2 is 2.26 bits per heavy atom. The van der Waals surface area contributed by atoms with Crippen molar-refractivity contribution >= 4 is 16.6 Å². The van der Waals surface area contributed by atoms with Gasteiger partial charge in [0.15, 0.2) is 5.69 Å². The van der Waals surface area contributed by atoms with Crippen LogP contribution in [0.3, 0.4) is 0 Å². The molecule has 0 radical (unpaired) electrons. The van der Waals surface area contributed by atoms with Gasteiger partial charge in [-0.05, 0) is 12.5 Å². The van der Waals surface area contributed by atoms with Crippen LogP contribution in [0.2, 0.25) is 0 Å². The Hall–Kier alpha value is -2.19. The molecule has 1 aromatic heterocycles. The van der Waals surface area contributed by atoms with Crippen molar-refractivity contribution in [2.45, 2.75) is 6.42 Å². The Kier molecular flexibility index (Phi) is 3.25. The Morgan fingerprint density at radius 1 is 1.37 bits per heavy atom. The molecule has 1 saturated heterocycles. The molecule has 5 heteroatoms. The molecule has 96 valence electrons. The first-order chi connectivity index (χ1) is 9.38. The Balaban J connectivity index is 1.93. The molecule has 0 aliphatic carbocycles. The number of benzene rings is 1. The van der Waals surface area contributed by atoms with Gasteiger partial charge in [-0.1, -0.05) is 18.2 Å². The van der Waals surface area contributed by atoms with E-state index >= 15 is 0 Å². The lowest BCUT2D eigenvalue weighted by molar-refractivity contribution is 0.187. The summed E-state index contributed by atoms with van der Waals surface area (Å²) in [5.74, 6) is 0.499. The molecule has 1 aliphatic rings. The molecular formula is C14H14N4O. The van der Waals surface area contributed by atoms with E-state index in [1.54, 1.807) is 0 Å². The van der Waals surface area contributed by atoms with Gasteiger partial charge in [-0.25, -0.2) is 0 Å². The van der Waals surface area contributed by atoms with E-state index in [4.69, 9.17) is 10.00 Å². The molecule has 2 aromatic rings. The van der Waals surface area contributed by atoms with Crippen LogP contribution in [-0.4, -0.2) is 30.0 Å². The van der Waals surface area contributed by atoms with Crippen molar-refractivity contribution in [3.8, 4) is 6.07 Å². The fraction of sp³-hybridized carbons (Fsp3) is 0.357. The summed E-state index contributed by atoms with van der Waals surface area (Å²) >= 11 is 0. The topological polar surface area (TPSA) is 70.8 Å². The van der Waals surface area contributed by atoms with E-state index in [0.717, 1.165) is 42.8 Å². The number of nitriles is 1. The van der Waals surface area contributed by atoms with Gasteiger partial charge in [-0.2, -0.15) is 5.26 Å². The van der Waals surface area contributed by atoms with Crippen molar-refractivity contribution in [2.24, 2.45) is 5.92 Å². The van der Waals surface area contributed by atoms with Crippen LogP contribution in [0.15, 0.2) is 24.3 Å². The van der Waals surface area contributed by atoms with Gasteiger partial charge in [0, 0.05) is 24.5 Å². The Morgan fingerprint density at radius 3 is 3.05 bits per heavy atom. The number of nitrogens with zero attached hydrogens (tertiary/aromatic N) is 3. The molecule has 1 aromatic carbocycles. The van der Waals surface area contributed by atoms with E-state index < -0.39 is 0 Å². The summed E-state index contributed by atoms with van der Waals surface area (Å²) in [6.45, 7) is 2.41. The van der Waals surface area contributed by atoms with Gasteiger partial charge < -0.3 is 10.1 Å². The van der Waals surface area contributed by atoms with Crippen molar-refractivity contribution in [2.75, 3.05) is 25.1 Å². The lowest BCUT2D eigenvalue weighted by Gasteiger charge is -2.13. The number of anilines is 1. The summed E-state index contributed by atoms with van der Waals surface area (Å²) in [6, 6.07) is 9.80. The second-order valence-electron chi connectivity index (χ2n) is 4.66. The molecule has 0 bridgehead atoms. The maximum Gasteiger partial charge on any atom is 0.186 e. The molecule has 1 unspecified atom stereocenters. The van der Waals surface area contributed by atoms with Gasteiger partial charge in [0.05, 0.1) is 17.8 Å².